The monoisotopic (exact) mass is 266 g/mol. The molecule has 3 nitrogen and oxygen atoms in total. The molecule has 18 heavy (non-hydrogen) atoms. The smallest absolute Gasteiger partial charge is 0.0731 e. The minimum atomic E-state index is -0.201. The molecule has 1 aliphatic heterocycles. The zero-order chi connectivity index (χ0) is 12.5. The van der Waals surface area contributed by atoms with E-state index in [2.05, 4.69) is 16.3 Å². The Bertz CT molecular complexity index is 434. The molecule has 0 spiro atoms. The van der Waals surface area contributed by atoms with E-state index in [4.69, 9.17) is 11.6 Å². The Morgan fingerprint density at radius 1 is 1.33 bits per heavy atom. The summed E-state index contributed by atoms with van der Waals surface area (Å²) in [7, 11) is 0. The first kappa shape index (κ1) is 12.3. The zero-order valence-corrected chi connectivity index (χ0v) is 11.2. The molecular formula is C14H19ClN2O. The number of β-amino-alcohol motifs (C(OH)–C–C–N with tert-alkyl or cyclic N) is 1. The molecule has 98 valence electrons. The molecule has 1 heterocycles. The molecule has 1 saturated carbocycles. The second-order valence-electron chi connectivity index (χ2n) is 5.32. The summed E-state index contributed by atoms with van der Waals surface area (Å²) in [6, 6.07) is 6.76. The van der Waals surface area contributed by atoms with E-state index >= 15 is 0 Å². The maximum absolute atomic E-state index is 9.66. The van der Waals surface area contributed by atoms with Crippen LogP contribution in [-0.4, -0.2) is 30.3 Å². The first-order valence-corrected chi connectivity index (χ1v) is 7.05. The molecule has 0 radical (unpaired) electrons. The number of nitrogens with one attached hydrogen (secondary N) is 1. The Kier molecular flexibility index (Phi) is 3.46. The van der Waals surface area contributed by atoms with Crippen molar-refractivity contribution in [1.82, 2.24) is 5.32 Å². The molecule has 3 rings (SSSR count). The van der Waals surface area contributed by atoms with Crippen LogP contribution in [-0.2, 0) is 6.54 Å². The Morgan fingerprint density at radius 3 is 2.83 bits per heavy atom. The van der Waals surface area contributed by atoms with Gasteiger partial charge in [-0.25, -0.2) is 0 Å². The molecule has 1 saturated heterocycles. The lowest BCUT2D eigenvalue weighted by Crippen LogP contribution is -2.24. The third-order valence-electron chi connectivity index (χ3n) is 3.71. The van der Waals surface area contributed by atoms with Gasteiger partial charge in [0.15, 0.2) is 0 Å². The fourth-order valence-corrected chi connectivity index (χ4v) is 2.65. The average molecular weight is 267 g/mol. The van der Waals surface area contributed by atoms with Crippen molar-refractivity contribution in [2.45, 2.75) is 38.0 Å². The van der Waals surface area contributed by atoms with Crippen LogP contribution in [0.25, 0.3) is 0 Å². The maximum Gasteiger partial charge on any atom is 0.0731 e. The normalized spacial score (nSPS) is 23.7. The number of halogens is 1. The SMILES string of the molecule is OC1CCN(c2cc(Cl)ccc2CNC2CC2)C1. The summed E-state index contributed by atoms with van der Waals surface area (Å²) < 4.78 is 0. The van der Waals surface area contributed by atoms with Crippen LogP contribution < -0.4 is 10.2 Å². The number of aliphatic hydroxyl groups excluding tert-OH is 1. The van der Waals surface area contributed by atoms with E-state index in [1.165, 1.54) is 24.1 Å². The highest BCUT2D eigenvalue weighted by atomic mass is 35.5. The van der Waals surface area contributed by atoms with Crippen molar-refractivity contribution >= 4 is 17.3 Å². The van der Waals surface area contributed by atoms with Gasteiger partial charge in [0.05, 0.1) is 6.10 Å². The van der Waals surface area contributed by atoms with Crippen molar-refractivity contribution in [2.24, 2.45) is 0 Å². The Balaban J connectivity index is 1.78. The minimum Gasteiger partial charge on any atom is -0.391 e. The molecule has 0 bridgehead atoms. The van der Waals surface area contributed by atoms with Crippen molar-refractivity contribution < 1.29 is 5.11 Å². The van der Waals surface area contributed by atoms with Gasteiger partial charge in [-0.05, 0) is 37.0 Å². The summed E-state index contributed by atoms with van der Waals surface area (Å²) >= 11 is 6.10. The summed E-state index contributed by atoms with van der Waals surface area (Å²) in [5, 5.41) is 14.0. The Hall–Kier alpha value is -0.770. The predicted molar refractivity (Wildman–Crippen MR) is 74.2 cm³/mol. The first-order valence-electron chi connectivity index (χ1n) is 6.67. The summed E-state index contributed by atoms with van der Waals surface area (Å²) in [4.78, 5) is 2.24. The Morgan fingerprint density at radius 2 is 2.17 bits per heavy atom. The van der Waals surface area contributed by atoms with Crippen LogP contribution in [0.1, 0.15) is 24.8 Å². The predicted octanol–water partition coefficient (Wildman–Crippen LogP) is 2.16. The molecule has 1 aromatic rings. The number of hydrogen-bond donors (Lipinski definition) is 2. The molecule has 0 amide bonds. The molecule has 1 aliphatic carbocycles. The standard InChI is InChI=1S/C14H19ClN2O/c15-11-2-1-10(8-16-12-3-4-12)14(7-11)17-6-5-13(18)9-17/h1-2,7,12-13,16,18H,3-6,8-9H2. The van der Waals surface area contributed by atoms with E-state index in [0.717, 1.165) is 31.1 Å². The van der Waals surface area contributed by atoms with Crippen molar-refractivity contribution in [3.05, 3.63) is 28.8 Å². The van der Waals surface area contributed by atoms with E-state index in [1.807, 2.05) is 12.1 Å². The van der Waals surface area contributed by atoms with Gasteiger partial charge in [-0.2, -0.15) is 0 Å². The number of hydrogen-bond acceptors (Lipinski definition) is 3. The van der Waals surface area contributed by atoms with Gasteiger partial charge in [-0.3, -0.25) is 0 Å². The van der Waals surface area contributed by atoms with E-state index in [9.17, 15) is 5.11 Å². The lowest BCUT2D eigenvalue weighted by Gasteiger charge is -2.22. The zero-order valence-electron chi connectivity index (χ0n) is 10.4. The fraction of sp³-hybridized carbons (Fsp3) is 0.571. The van der Waals surface area contributed by atoms with Gasteiger partial charge in [-0.1, -0.05) is 17.7 Å². The van der Waals surface area contributed by atoms with Crippen LogP contribution in [0, 0.1) is 0 Å². The van der Waals surface area contributed by atoms with Gasteiger partial charge in [0.1, 0.15) is 0 Å². The van der Waals surface area contributed by atoms with Crippen molar-refractivity contribution in [1.29, 1.82) is 0 Å². The molecule has 2 N–H and O–H groups in total. The molecular weight excluding hydrogens is 248 g/mol. The lowest BCUT2D eigenvalue weighted by atomic mass is 10.1. The Labute approximate surface area is 113 Å². The summed E-state index contributed by atoms with van der Waals surface area (Å²) in [6.45, 7) is 2.53. The number of benzene rings is 1. The second-order valence-corrected chi connectivity index (χ2v) is 5.75. The minimum absolute atomic E-state index is 0.201. The topological polar surface area (TPSA) is 35.5 Å². The first-order chi connectivity index (χ1) is 8.72. The van der Waals surface area contributed by atoms with Gasteiger partial charge in [0, 0.05) is 36.4 Å². The number of nitrogens with zero attached hydrogens (tertiary/aromatic N) is 1. The van der Waals surface area contributed by atoms with Crippen molar-refractivity contribution in [3.63, 3.8) is 0 Å². The third kappa shape index (κ3) is 2.79. The van der Waals surface area contributed by atoms with Crippen LogP contribution >= 0.6 is 11.6 Å². The maximum atomic E-state index is 9.66. The third-order valence-corrected chi connectivity index (χ3v) is 3.95. The number of aliphatic hydroxyl groups is 1. The van der Waals surface area contributed by atoms with Crippen LogP contribution in [0.2, 0.25) is 5.02 Å². The highest BCUT2D eigenvalue weighted by molar-refractivity contribution is 6.30. The van der Waals surface area contributed by atoms with Gasteiger partial charge in [0.25, 0.3) is 0 Å². The summed E-state index contributed by atoms with van der Waals surface area (Å²) in [5.41, 5.74) is 2.45. The quantitative estimate of drug-likeness (QED) is 0.877. The highest BCUT2D eigenvalue weighted by Crippen LogP contribution is 2.29. The highest BCUT2D eigenvalue weighted by Gasteiger charge is 2.24. The van der Waals surface area contributed by atoms with E-state index in [0.29, 0.717) is 6.04 Å². The van der Waals surface area contributed by atoms with Gasteiger partial charge in [0.2, 0.25) is 0 Å². The van der Waals surface area contributed by atoms with E-state index in [-0.39, 0.29) is 6.10 Å². The fourth-order valence-electron chi connectivity index (χ4n) is 2.48. The number of rotatable bonds is 4. The average Bonchev–Trinajstić information content (AvgIpc) is 3.09. The van der Waals surface area contributed by atoms with Gasteiger partial charge in [-0.15, -0.1) is 0 Å². The van der Waals surface area contributed by atoms with Crippen LogP contribution in [0.5, 0.6) is 0 Å². The van der Waals surface area contributed by atoms with Crippen LogP contribution in [0.15, 0.2) is 18.2 Å². The molecule has 2 aliphatic rings. The van der Waals surface area contributed by atoms with Gasteiger partial charge < -0.3 is 15.3 Å². The molecule has 2 fully saturated rings. The van der Waals surface area contributed by atoms with Crippen molar-refractivity contribution in [2.75, 3.05) is 18.0 Å². The second kappa shape index (κ2) is 5.08. The lowest BCUT2D eigenvalue weighted by molar-refractivity contribution is 0.198. The number of anilines is 1. The van der Waals surface area contributed by atoms with Crippen LogP contribution in [0.4, 0.5) is 5.69 Å². The largest absolute Gasteiger partial charge is 0.391 e. The van der Waals surface area contributed by atoms with Gasteiger partial charge >= 0.3 is 0 Å². The molecule has 4 heteroatoms. The van der Waals surface area contributed by atoms with Crippen molar-refractivity contribution in [3.8, 4) is 0 Å². The van der Waals surface area contributed by atoms with E-state index in [1.54, 1.807) is 0 Å². The van der Waals surface area contributed by atoms with E-state index < -0.39 is 0 Å². The van der Waals surface area contributed by atoms with Crippen LogP contribution in [0.3, 0.4) is 0 Å². The molecule has 1 atom stereocenters. The molecule has 1 aromatic carbocycles. The molecule has 0 aromatic heterocycles. The summed E-state index contributed by atoms with van der Waals surface area (Å²) in [6.07, 6.45) is 3.24. The molecule has 1 unspecified atom stereocenters. The summed E-state index contributed by atoms with van der Waals surface area (Å²) in [5.74, 6) is 0.